The number of rotatable bonds is 6. The number of aliphatic hydroxyl groups excluding tert-OH is 1. The summed E-state index contributed by atoms with van der Waals surface area (Å²) in [4.78, 5) is 19.5. The molecule has 1 aromatic carbocycles. The molecular formula is C27H28FN3O5S2. The van der Waals surface area contributed by atoms with Gasteiger partial charge in [0.1, 0.15) is 21.7 Å². The van der Waals surface area contributed by atoms with Gasteiger partial charge >= 0.3 is 0 Å². The van der Waals surface area contributed by atoms with Gasteiger partial charge in [-0.15, -0.1) is 11.3 Å². The predicted octanol–water partition coefficient (Wildman–Crippen LogP) is 3.22. The molecule has 1 N–H and O–H groups in total. The van der Waals surface area contributed by atoms with Crippen molar-refractivity contribution >= 4 is 27.3 Å². The van der Waals surface area contributed by atoms with Crippen molar-refractivity contribution in [1.82, 2.24) is 14.2 Å². The van der Waals surface area contributed by atoms with Crippen molar-refractivity contribution in [2.45, 2.75) is 30.2 Å². The number of halogens is 1. The van der Waals surface area contributed by atoms with Gasteiger partial charge in [-0.2, -0.15) is 4.31 Å². The quantitative estimate of drug-likeness (QED) is 0.468. The Morgan fingerprint density at radius 2 is 1.97 bits per heavy atom. The number of sulfonamides is 1. The highest BCUT2D eigenvalue weighted by molar-refractivity contribution is 7.91. The van der Waals surface area contributed by atoms with Gasteiger partial charge in [-0.3, -0.25) is 4.79 Å². The Morgan fingerprint density at radius 3 is 2.63 bits per heavy atom. The molecule has 8 nitrogen and oxygen atoms in total. The number of ether oxygens (including phenoxy) is 1. The second-order valence-electron chi connectivity index (χ2n) is 9.17. The van der Waals surface area contributed by atoms with Crippen LogP contribution in [0.3, 0.4) is 0 Å². The SMILES string of the molecule is C[C@H](CO)N1C[C@H](C)[C@H](CN(C)S(=O)(=O)c2cccs2)Oc2ncc(C#Cc3ccc(F)cc3)cc2C1=O. The third-order valence-corrected chi connectivity index (χ3v) is 9.51. The third kappa shape index (κ3) is 6.05. The van der Waals surface area contributed by atoms with E-state index in [1.54, 1.807) is 47.5 Å². The van der Waals surface area contributed by atoms with Gasteiger partial charge in [-0.1, -0.05) is 24.8 Å². The van der Waals surface area contributed by atoms with E-state index in [1.807, 2.05) is 6.92 Å². The van der Waals surface area contributed by atoms with Crippen molar-refractivity contribution in [3.8, 4) is 17.7 Å². The zero-order chi connectivity index (χ0) is 27.4. The normalized spacial score (nSPS) is 18.6. The fourth-order valence-corrected chi connectivity index (χ4v) is 6.37. The Hall–Kier alpha value is -3.30. The van der Waals surface area contributed by atoms with E-state index in [1.165, 1.54) is 29.7 Å². The lowest BCUT2D eigenvalue weighted by molar-refractivity contribution is 0.0373. The summed E-state index contributed by atoms with van der Waals surface area (Å²) >= 11 is 1.13. The van der Waals surface area contributed by atoms with E-state index in [9.17, 15) is 22.7 Å². The van der Waals surface area contributed by atoms with Crippen LogP contribution in [0.4, 0.5) is 4.39 Å². The van der Waals surface area contributed by atoms with Crippen LogP contribution in [0, 0.1) is 23.6 Å². The van der Waals surface area contributed by atoms with Gasteiger partial charge in [0.2, 0.25) is 5.88 Å². The molecule has 4 rings (SSSR count). The molecule has 0 fully saturated rings. The molecule has 1 amide bonds. The lowest BCUT2D eigenvalue weighted by Crippen LogP contribution is -2.50. The minimum absolute atomic E-state index is 0.0319. The molecule has 0 aliphatic carbocycles. The number of aromatic nitrogens is 1. The molecule has 0 spiro atoms. The molecule has 200 valence electrons. The van der Waals surface area contributed by atoms with E-state index in [4.69, 9.17) is 4.74 Å². The molecule has 2 aromatic heterocycles. The second kappa shape index (κ2) is 11.6. The van der Waals surface area contributed by atoms with Crippen LogP contribution in [-0.4, -0.2) is 72.5 Å². The minimum Gasteiger partial charge on any atom is -0.472 e. The average molecular weight is 558 g/mol. The van der Waals surface area contributed by atoms with Crippen LogP contribution in [-0.2, 0) is 10.0 Å². The Morgan fingerprint density at radius 1 is 1.26 bits per heavy atom. The van der Waals surface area contributed by atoms with Crippen LogP contribution in [0.5, 0.6) is 5.88 Å². The smallest absolute Gasteiger partial charge is 0.259 e. The number of aliphatic hydroxyl groups is 1. The molecule has 0 saturated heterocycles. The van der Waals surface area contributed by atoms with Crippen molar-refractivity contribution in [1.29, 1.82) is 0 Å². The number of nitrogens with zero attached hydrogens (tertiary/aromatic N) is 3. The molecule has 3 aromatic rings. The number of pyridine rings is 1. The molecule has 1 aliphatic heterocycles. The zero-order valence-corrected chi connectivity index (χ0v) is 22.8. The average Bonchev–Trinajstić information content (AvgIpc) is 3.46. The molecule has 0 unspecified atom stereocenters. The van der Waals surface area contributed by atoms with Gasteiger partial charge in [0.15, 0.2) is 0 Å². The van der Waals surface area contributed by atoms with Crippen molar-refractivity contribution in [2.75, 3.05) is 26.7 Å². The molecule has 0 bridgehead atoms. The number of carbonyl (C=O) groups is 1. The van der Waals surface area contributed by atoms with Crippen LogP contribution in [0.1, 0.15) is 35.3 Å². The number of likely N-dealkylation sites (N-methyl/N-ethyl adjacent to an activating group) is 1. The highest BCUT2D eigenvalue weighted by Crippen LogP contribution is 2.28. The van der Waals surface area contributed by atoms with E-state index in [2.05, 4.69) is 16.8 Å². The van der Waals surface area contributed by atoms with E-state index in [0.717, 1.165) is 11.3 Å². The van der Waals surface area contributed by atoms with Gasteiger partial charge < -0.3 is 14.7 Å². The first-order valence-electron chi connectivity index (χ1n) is 12.0. The molecule has 38 heavy (non-hydrogen) atoms. The Kier molecular flexibility index (Phi) is 8.47. The summed E-state index contributed by atoms with van der Waals surface area (Å²) in [6.45, 7) is 3.63. The van der Waals surface area contributed by atoms with Crippen LogP contribution < -0.4 is 4.74 Å². The monoisotopic (exact) mass is 557 g/mol. The van der Waals surface area contributed by atoms with Crippen LogP contribution >= 0.6 is 11.3 Å². The molecule has 1 aliphatic rings. The summed E-state index contributed by atoms with van der Waals surface area (Å²) in [6.07, 6.45) is 0.844. The number of carbonyl (C=O) groups excluding carboxylic acids is 1. The third-order valence-electron chi connectivity index (χ3n) is 6.31. The zero-order valence-electron chi connectivity index (χ0n) is 21.2. The summed E-state index contributed by atoms with van der Waals surface area (Å²) in [5.74, 6) is 4.91. The minimum atomic E-state index is -3.72. The van der Waals surface area contributed by atoms with E-state index in [0.29, 0.717) is 11.1 Å². The summed E-state index contributed by atoms with van der Waals surface area (Å²) < 4.78 is 46.9. The lowest BCUT2D eigenvalue weighted by atomic mass is 10.0. The van der Waals surface area contributed by atoms with Crippen molar-refractivity contribution in [3.63, 3.8) is 0 Å². The van der Waals surface area contributed by atoms with Crippen molar-refractivity contribution in [3.05, 3.63) is 76.5 Å². The first-order chi connectivity index (χ1) is 18.1. The molecular weight excluding hydrogens is 529 g/mol. The summed E-state index contributed by atoms with van der Waals surface area (Å²) in [5.41, 5.74) is 1.21. The number of hydrogen-bond donors (Lipinski definition) is 1. The van der Waals surface area contributed by atoms with Crippen molar-refractivity contribution in [2.24, 2.45) is 5.92 Å². The maximum atomic E-state index is 13.5. The number of fused-ring (bicyclic) bond motifs is 1. The van der Waals surface area contributed by atoms with Gasteiger partial charge in [-0.05, 0) is 48.7 Å². The number of thiophene rings is 1. The number of benzene rings is 1. The standard InChI is InChI=1S/C27H28FN3O5S2/c1-18-15-31(19(2)17-32)27(33)23-13-21(7-6-20-8-10-22(28)11-9-20)14-29-26(23)36-24(18)16-30(3)38(34,35)25-5-4-12-37-25/h4-5,8-14,18-19,24,32H,15-17H2,1-3H3/t18-,19+,24-/m0/s1. The summed E-state index contributed by atoms with van der Waals surface area (Å²) in [6, 6.07) is 10.0. The Labute approximate surface area is 225 Å². The first kappa shape index (κ1) is 27.7. The maximum Gasteiger partial charge on any atom is 0.259 e. The van der Waals surface area contributed by atoms with Gasteiger partial charge in [-0.25, -0.2) is 17.8 Å². The molecule has 11 heteroatoms. The molecule has 3 atom stereocenters. The fraction of sp³-hybridized carbons (Fsp3) is 0.333. The highest BCUT2D eigenvalue weighted by Gasteiger charge is 2.36. The summed E-state index contributed by atoms with van der Waals surface area (Å²) in [5, 5.41) is 11.5. The Balaban J connectivity index is 1.68. The van der Waals surface area contributed by atoms with E-state index < -0.39 is 22.2 Å². The van der Waals surface area contributed by atoms with E-state index >= 15 is 0 Å². The highest BCUT2D eigenvalue weighted by atomic mass is 32.2. The number of amides is 1. The molecule has 3 heterocycles. The second-order valence-corrected chi connectivity index (χ2v) is 12.4. The topological polar surface area (TPSA) is 100 Å². The molecule has 0 saturated carbocycles. The largest absolute Gasteiger partial charge is 0.472 e. The van der Waals surface area contributed by atoms with Crippen LogP contribution in [0.25, 0.3) is 0 Å². The lowest BCUT2D eigenvalue weighted by Gasteiger charge is -2.37. The van der Waals surface area contributed by atoms with Crippen molar-refractivity contribution < 1.29 is 27.4 Å². The van der Waals surface area contributed by atoms with Gasteiger partial charge in [0.05, 0.1) is 19.2 Å². The molecule has 0 radical (unpaired) electrons. The van der Waals surface area contributed by atoms with Gasteiger partial charge in [0, 0.05) is 36.8 Å². The van der Waals surface area contributed by atoms with Crippen LogP contribution in [0.15, 0.2) is 58.3 Å². The van der Waals surface area contributed by atoms with Crippen LogP contribution in [0.2, 0.25) is 0 Å². The first-order valence-corrected chi connectivity index (χ1v) is 14.3. The Bertz CT molecular complexity index is 1450. The maximum absolute atomic E-state index is 13.5. The van der Waals surface area contributed by atoms with E-state index in [-0.39, 0.29) is 53.0 Å². The fourth-order valence-electron chi connectivity index (χ4n) is 3.98. The predicted molar refractivity (Wildman–Crippen MR) is 142 cm³/mol. The van der Waals surface area contributed by atoms with Gasteiger partial charge in [0.25, 0.3) is 15.9 Å². The number of hydrogen-bond acceptors (Lipinski definition) is 7. The summed E-state index contributed by atoms with van der Waals surface area (Å²) in [7, 11) is -2.22.